The lowest BCUT2D eigenvalue weighted by Gasteiger charge is -2.26. The maximum Gasteiger partial charge on any atom is 0.290 e. The molecule has 1 amide bonds. The molecular formula is C17H20FNO4. The van der Waals surface area contributed by atoms with E-state index in [1.807, 2.05) is 13.8 Å². The summed E-state index contributed by atoms with van der Waals surface area (Å²) in [5.74, 6) is -1.96. The Morgan fingerprint density at radius 1 is 1.30 bits per heavy atom. The molecule has 2 N–H and O–H groups in total. The molecule has 0 spiro atoms. The van der Waals surface area contributed by atoms with Crippen LogP contribution in [0.3, 0.4) is 0 Å². The Labute approximate surface area is 134 Å². The molecule has 1 unspecified atom stereocenters. The number of hydrogen-bond acceptors (Lipinski definition) is 4. The number of ketones is 1. The largest absolute Gasteiger partial charge is 0.503 e. The van der Waals surface area contributed by atoms with E-state index in [2.05, 4.69) is 0 Å². The van der Waals surface area contributed by atoms with Crippen molar-refractivity contribution in [2.45, 2.75) is 26.3 Å². The van der Waals surface area contributed by atoms with Gasteiger partial charge in [-0.25, -0.2) is 4.39 Å². The smallest absolute Gasteiger partial charge is 0.290 e. The first-order chi connectivity index (χ1) is 10.9. The first kappa shape index (κ1) is 17.1. The quantitative estimate of drug-likeness (QED) is 0.841. The van der Waals surface area contributed by atoms with Gasteiger partial charge in [0.15, 0.2) is 11.5 Å². The minimum Gasteiger partial charge on any atom is -0.503 e. The molecule has 0 saturated heterocycles. The first-order valence-corrected chi connectivity index (χ1v) is 7.50. The molecule has 0 fully saturated rings. The lowest BCUT2D eigenvalue weighted by Crippen LogP contribution is -2.33. The molecule has 23 heavy (non-hydrogen) atoms. The topological polar surface area (TPSA) is 77.8 Å². The van der Waals surface area contributed by atoms with Crippen molar-refractivity contribution < 1.29 is 24.2 Å². The van der Waals surface area contributed by atoms with Gasteiger partial charge in [0, 0.05) is 13.0 Å². The molecule has 0 saturated carbocycles. The van der Waals surface area contributed by atoms with Crippen molar-refractivity contribution in [1.82, 2.24) is 4.90 Å². The molecule has 0 radical (unpaired) electrons. The summed E-state index contributed by atoms with van der Waals surface area (Å²) in [6.07, 6.45) is 0.192. The second kappa shape index (κ2) is 6.91. The van der Waals surface area contributed by atoms with Crippen LogP contribution in [0.1, 0.15) is 31.9 Å². The fraction of sp³-hybridized carbons (Fsp3) is 0.412. The van der Waals surface area contributed by atoms with Crippen molar-refractivity contribution in [3.63, 3.8) is 0 Å². The fourth-order valence-electron chi connectivity index (χ4n) is 2.75. The van der Waals surface area contributed by atoms with Crippen LogP contribution in [0.5, 0.6) is 0 Å². The summed E-state index contributed by atoms with van der Waals surface area (Å²) < 4.78 is 13.2. The van der Waals surface area contributed by atoms with Gasteiger partial charge in [-0.3, -0.25) is 9.59 Å². The van der Waals surface area contributed by atoms with Crippen molar-refractivity contribution >= 4 is 11.7 Å². The molecule has 0 aromatic heterocycles. The minimum atomic E-state index is -0.804. The Hall–Kier alpha value is -2.21. The summed E-state index contributed by atoms with van der Waals surface area (Å²) in [4.78, 5) is 25.9. The summed E-state index contributed by atoms with van der Waals surface area (Å²) in [5.41, 5.74) is 0.535. The van der Waals surface area contributed by atoms with E-state index in [1.54, 1.807) is 0 Å². The van der Waals surface area contributed by atoms with E-state index in [4.69, 9.17) is 0 Å². The van der Waals surface area contributed by atoms with Crippen LogP contribution in [0.4, 0.5) is 4.39 Å². The van der Waals surface area contributed by atoms with Gasteiger partial charge in [0.25, 0.3) is 5.91 Å². The summed E-state index contributed by atoms with van der Waals surface area (Å²) in [7, 11) is 0. The highest BCUT2D eigenvalue weighted by molar-refractivity contribution is 6.09. The van der Waals surface area contributed by atoms with E-state index in [1.165, 1.54) is 29.2 Å². The number of aliphatic hydroxyl groups is 2. The zero-order chi connectivity index (χ0) is 17.1. The molecule has 1 heterocycles. The van der Waals surface area contributed by atoms with Crippen LogP contribution in [0.2, 0.25) is 0 Å². The molecule has 1 aliphatic rings. The van der Waals surface area contributed by atoms with E-state index >= 15 is 0 Å². The Kier molecular flexibility index (Phi) is 5.15. The van der Waals surface area contributed by atoms with Crippen LogP contribution in [-0.2, 0) is 9.59 Å². The van der Waals surface area contributed by atoms with E-state index < -0.39 is 23.5 Å². The Morgan fingerprint density at radius 2 is 1.91 bits per heavy atom. The summed E-state index contributed by atoms with van der Waals surface area (Å²) >= 11 is 0. The molecule has 2 rings (SSSR count). The van der Waals surface area contributed by atoms with E-state index in [0.717, 1.165) is 0 Å². The monoisotopic (exact) mass is 321 g/mol. The second-order valence-electron chi connectivity index (χ2n) is 5.96. The van der Waals surface area contributed by atoms with E-state index in [-0.39, 0.29) is 36.8 Å². The normalized spacial score (nSPS) is 18.2. The number of halogens is 1. The molecule has 1 aliphatic heterocycles. The second-order valence-corrected chi connectivity index (χ2v) is 5.96. The molecular weight excluding hydrogens is 301 g/mol. The third-order valence-electron chi connectivity index (χ3n) is 3.72. The number of carbonyl (C=O) groups is 2. The number of rotatable bonds is 6. The summed E-state index contributed by atoms with van der Waals surface area (Å²) in [6, 6.07) is 4.60. The van der Waals surface area contributed by atoms with Gasteiger partial charge in [0.1, 0.15) is 5.82 Å². The summed E-state index contributed by atoms with van der Waals surface area (Å²) in [6.45, 7) is 3.40. The van der Waals surface area contributed by atoms with Gasteiger partial charge in [0.05, 0.1) is 18.2 Å². The van der Waals surface area contributed by atoms with Gasteiger partial charge in [-0.15, -0.1) is 0 Å². The van der Waals surface area contributed by atoms with E-state index in [0.29, 0.717) is 5.56 Å². The van der Waals surface area contributed by atoms with Crippen molar-refractivity contribution in [1.29, 1.82) is 0 Å². The molecule has 0 aliphatic carbocycles. The molecule has 6 heteroatoms. The number of Topliss-reactive ketones (excluding diaryl/α,β-unsaturated/α-hetero) is 1. The molecule has 1 aromatic rings. The van der Waals surface area contributed by atoms with Crippen LogP contribution in [-0.4, -0.2) is 40.0 Å². The molecule has 5 nitrogen and oxygen atoms in total. The van der Waals surface area contributed by atoms with Gasteiger partial charge in [0.2, 0.25) is 0 Å². The third-order valence-corrected chi connectivity index (χ3v) is 3.72. The highest BCUT2D eigenvalue weighted by atomic mass is 19.1. The number of carbonyl (C=O) groups excluding carboxylic acids is 2. The summed E-state index contributed by atoms with van der Waals surface area (Å²) in [5, 5.41) is 19.3. The number of β-amino-alcohol motifs (C(OH)–C–C–N with tert-alkyl or cyclic N) is 1. The van der Waals surface area contributed by atoms with Gasteiger partial charge >= 0.3 is 0 Å². The van der Waals surface area contributed by atoms with Crippen LogP contribution >= 0.6 is 0 Å². The highest BCUT2D eigenvalue weighted by Gasteiger charge is 2.42. The first-order valence-electron chi connectivity index (χ1n) is 7.50. The maximum absolute atomic E-state index is 13.2. The van der Waals surface area contributed by atoms with E-state index in [9.17, 15) is 24.2 Å². The predicted molar refractivity (Wildman–Crippen MR) is 82.1 cm³/mol. The molecule has 1 aromatic carbocycles. The minimum absolute atomic E-state index is 0.0174. The average molecular weight is 321 g/mol. The average Bonchev–Trinajstić information content (AvgIpc) is 2.73. The SMILES string of the molecule is CC(C)CC(=O)C1=C(O)C(=O)N(CCO)C1c1ccc(F)cc1. The number of amides is 1. The lowest BCUT2D eigenvalue weighted by atomic mass is 9.92. The Bertz CT molecular complexity index is 636. The van der Waals surface area contributed by atoms with Crippen molar-refractivity contribution in [3.05, 3.63) is 47.0 Å². The highest BCUT2D eigenvalue weighted by Crippen LogP contribution is 2.38. The van der Waals surface area contributed by atoms with Crippen molar-refractivity contribution in [3.8, 4) is 0 Å². The van der Waals surface area contributed by atoms with Crippen molar-refractivity contribution in [2.75, 3.05) is 13.2 Å². The van der Waals surface area contributed by atoms with Crippen LogP contribution < -0.4 is 0 Å². The molecule has 0 bridgehead atoms. The van der Waals surface area contributed by atoms with Crippen molar-refractivity contribution in [2.24, 2.45) is 5.92 Å². The molecule has 124 valence electrons. The number of benzene rings is 1. The zero-order valence-corrected chi connectivity index (χ0v) is 13.1. The number of nitrogens with zero attached hydrogens (tertiary/aromatic N) is 1. The Morgan fingerprint density at radius 3 is 2.43 bits per heavy atom. The van der Waals surface area contributed by atoms with Crippen LogP contribution in [0.15, 0.2) is 35.6 Å². The number of aliphatic hydroxyl groups excluding tert-OH is 2. The van der Waals surface area contributed by atoms with Crippen LogP contribution in [0, 0.1) is 11.7 Å². The van der Waals surface area contributed by atoms with Gasteiger partial charge < -0.3 is 15.1 Å². The maximum atomic E-state index is 13.2. The fourth-order valence-corrected chi connectivity index (χ4v) is 2.75. The third kappa shape index (κ3) is 3.42. The van der Waals surface area contributed by atoms with Crippen LogP contribution in [0.25, 0.3) is 0 Å². The predicted octanol–water partition coefficient (Wildman–Crippen LogP) is 2.13. The van der Waals surface area contributed by atoms with Gasteiger partial charge in [-0.1, -0.05) is 26.0 Å². The lowest BCUT2D eigenvalue weighted by molar-refractivity contribution is -0.129. The zero-order valence-electron chi connectivity index (χ0n) is 13.1. The Balaban J connectivity index is 2.48. The number of hydrogen-bond donors (Lipinski definition) is 2. The molecule has 1 atom stereocenters. The van der Waals surface area contributed by atoms with Gasteiger partial charge in [-0.05, 0) is 23.6 Å². The van der Waals surface area contributed by atoms with Gasteiger partial charge in [-0.2, -0.15) is 0 Å². The standard InChI is InChI=1S/C17H20FNO4/c1-10(2)9-13(21)14-15(11-3-5-12(18)6-4-11)19(7-8-20)17(23)16(14)22/h3-6,10,15,20,22H,7-9H2,1-2H3.